The average Bonchev–Trinajstić information content (AvgIpc) is 2.20. The van der Waals surface area contributed by atoms with Gasteiger partial charge in [0.2, 0.25) is 0 Å². The van der Waals surface area contributed by atoms with E-state index in [9.17, 15) is 0 Å². The molecule has 0 fully saturated rings. The van der Waals surface area contributed by atoms with Crippen molar-refractivity contribution in [2.45, 2.75) is 13.5 Å². The molecule has 0 aliphatic carbocycles. The molecule has 2 N–H and O–H groups in total. The molecule has 4 heteroatoms. The van der Waals surface area contributed by atoms with Gasteiger partial charge in [-0.2, -0.15) is 0 Å². The van der Waals surface area contributed by atoms with Crippen molar-refractivity contribution in [2.75, 3.05) is 19.6 Å². The molecule has 0 atom stereocenters. The molecule has 1 rings (SSSR count). The van der Waals surface area contributed by atoms with Gasteiger partial charge in [0.15, 0.2) is 0 Å². The molecular formula is C11H16Br2N2. The highest BCUT2D eigenvalue weighted by Crippen LogP contribution is 2.21. The maximum Gasteiger partial charge on any atom is 0.0231 e. The maximum absolute atomic E-state index is 3.54. The van der Waals surface area contributed by atoms with Crippen molar-refractivity contribution >= 4 is 31.9 Å². The Bertz CT molecular complexity index is 303. The van der Waals surface area contributed by atoms with Gasteiger partial charge >= 0.3 is 0 Å². The molecule has 1 aromatic carbocycles. The molecule has 0 aromatic heterocycles. The van der Waals surface area contributed by atoms with E-state index in [1.807, 2.05) is 0 Å². The van der Waals surface area contributed by atoms with Crippen LogP contribution < -0.4 is 10.6 Å². The summed E-state index contributed by atoms with van der Waals surface area (Å²) in [7, 11) is 0. The molecule has 0 bridgehead atoms. The fraction of sp³-hybridized carbons (Fsp3) is 0.455. The Hall–Kier alpha value is 0.1000. The van der Waals surface area contributed by atoms with Gasteiger partial charge in [0.05, 0.1) is 0 Å². The third kappa shape index (κ3) is 5.11. The van der Waals surface area contributed by atoms with Crippen LogP contribution in [0.1, 0.15) is 12.5 Å². The van der Waals surface area contributed by atoms with Gasteiger partial charge in [-0.1, -0.05) is 44.8 Å². The van der Waals surface area contributed by atoms with Crippen LogP contribution in [0.25, 0.3) is 0 Å². The number of rotatable bonds is 6. The van der Waals surface area contributed by atoms with Gasteiger partial charge < -0.3 is 10.6 Å². The average molecular weight is 336 g/mol. The molecule has 0 heterocycles. The van der Waals surface area contributed by atoms with E-state index in [-0.39, 0.29) is 0 Å². The normalized spacial score (nSPS) is 10.6. The summed E-state index contributed by atoms with van der Waals surface area (Å²) < 4.78 is 2.25. The van der Waals surface area contributed by atoms with Crippen molar-refractivity contribution in [3.8, 4) is 0 Å². The summed E-state index contributed by atoms with van der Waals surface area (Å²) >= 11 is 6.98. The summed E-state index contributed by atoms with van der Waals surface area (Å²) in [6, 6.07) is 6.25. The summed E-state index contributed by atoms with van der Waals surface area (Å²) in [6.45, 7) is 6.06. The lowest BCUT2D eigenvalue weighted by atomic mass is 10.2. The summed E-state index contributed by atoms with van der Waals surface area (Å²) in [6.07, 6.45) is 0. The number of hydrogen-bond acceptors (Lipinski definition) is 2. The zero-order valence-corrected chi connectivity index (χ0v) is 12.0. The monoisotopic (exact) mass is 334 g/mol. The van der Waals surface area contributed by atoms with Crippen molar-refractivity contribution in [2.24, 2.45) is 0 Å². The summed E-state index contributed by atoms with van der Waals surface area (Å²) in [5.41, 5.74) is 1.29. The molecule has 0 saturated carbocycles. The van der Waals surface area contributed by atoms with Crippen LogP contribution in [0.3, 0.4) is 0 Å². The minimum Gasteiger partial charge on any atom is -0.316 e. The van der Waals surface area contributed by atoms with E-state index >= 15 is 0 Å². The molecule has 0 saturated heterocycles. The van der Waals surface area contributed by atoms with E-state index in [1.54, 1.807) is 0 Å². The molecule has 0 radical (unpaired) electrons. The molecule has 0 aliphatic rings. The van der Waals surface area contributed by atoms with Crippen LogP contribution in [0.4, 0.5) is 0 Å². The number of benzene rings is 1. The maximum atomic E-state index is 3.54. The predicted octanol–water partition coefficient (Wildman–Crippen LogP) is 2.91. The Labute approximate surface area is 108 Å². The molecule has 0 unspecified atom stereocenters. The lowest BCUT2D eigenvalue weighted by molar-refractivity contribution is 0.624. The van der Waals surface area contributed by atoms with Gasteiger partial charge in [-0.05, 0) is 24.2 Å². The lowest BCUT2D eigenvalue weighted by Crippen LogP contribution is -2.26. The van der Waals surface area contributed by atoms with Crippen LogP contribution in [0.5, 0.6) is 0 Å². The number of halogens is 2. The first kappa shape index (κ1) is 13.2. The van der Waals surface area contributed by atoms with E-state index in [1.165, 1.54) is 5.56 Å². The van der Waals surface area contributed by atoms with Gasteiger partial charge in [-0.25, -0.2) is 0 Å². The van der Waals surface area contributed by atoms with Gasteiger partial charge in [0, 0.05) is 28.6 Å². The zero-order chi connectivity index (χ0) is 11.1. The van der Waals surface area contributed by atoms with Crippen molar-refractivity contribution in [3.05, 3.63) is 32.7 Å². The van der Waals surface area contributed by atoms with E-state index in [0.29, 0.717) is 0 Å². The Morgan fingerprint density at radius 1 is 1.13 bits per heavy atom. The van der Waals surface area contributed by atoms with E-state index in [2.05, 4.69) is 67.6 Å². The summed E-state index contributed by atoms with van der Waals surface area (Å²) in [4.78, 5) is 0. The molecule has 15 heavy (non-hydrogen) atoms. The molecular weight excluding hydrogens is 320 g/mol. The summed E-state index contributed by atoms with van der Waals surface area (Å²) in [5, 5.41) is 6.67. The molecule has 0 spiro atoms. The zero-order valence-electron chi connectivity index (χ0n) is 8.82. The third-order valence-electron chi connectivity index (χ3n) is 2.06. The SMILES string of the molecule is CCNCCNCc1ccc(Br)cc1Br. The lowest BCUT2D eigenvalue weighted by Gasteiger charge is -2.07. The first-order valence-corrected chi connectivity index (χ1v) is 6.68. The van der Waals surface area contributed by atoms with Crippen molar-refractivity contribution in [1.29, 1.82) is 0 Å². The van der Waals surface area contributed by atoms with Crippen LogP contribution in [0.2, 0.25) is 0 Å². The number of hydrogen-bond donors (Lipinski definition) is 2. The highest BCUT2D eigenvalue weighted by Gasteiger charge is 1.99. The Morgan fingerprint density at radius 3 is 2.53 bits per heavy atom. The minimum absolute atomic E-state index is 0.902. The quantitative estimate of drug-likeness (QED) is 0.781. The molecule has 0 aliphatic heterocycles. The fourth-order valence-electron chi connectivity index (χ4n) is 1.24. The van der Waals surface area contributed by atoms with Gasteiger partial charge in [0.1, 0.15) is 0 Å². The highest BCUT2D eigenvalue weighted by atomic mass is 79.9. The minimum atomic E-state index is 0.902. The van der Waals surface area contributed by atoms with Crippen molar-refractivity contribution < 1.29 is 0 Å². The first-order chi connectivity index (χ1) is 7.24. The van der Waals surface area contributed by atoms with E-state index in [0.717, 1.165) is 35.1 Å². The Morgan fingerprint density at radius 2 is 1.87 bits per heavy atom. The van der Waals surface area contributed by atoms with Crippen LogP contribution >= 0.6 is 31.9 Å². The van der Waals surface area contributed by atoms with Gasteiger partial charge in [0.25, 0.3) is 0 Å². The largest absolute Gasteiger partial charge is 0.316 e. The van der Waals surface area contributed by atoms with Crippen LogP contribution in [-0.4, -0.2) is 19.6 Å². The highest BCUT2D eigenvalue weighted by molar-refractivity contribution is 9.11. The predicted molar refractivity (Wildman–Crippen MR) is 72.1 cm³/mol. The second-order valence-electron chi connectivity index (χ2n) is 3.27. The van der Waals surface area contributed by atoms with Crippen LogP contribution in [-0.2, 0) is 6.54 Å². The number of nitrogens with one attached hydrogen (secondary N) is 2. The van der Waals surface area contributed by atoms with Crippen molar-refractivity contribution in [3.63, 3.8) is 0 Å². The second-order valence-corrected chi connectivity index (χ2v) is 5.04. The van der Waals surface area contributed by atoms with E-state index in [4.69, 9.17) is 0 Å². The molecule has 1 aromatic rings. The first-order valence-electron chi connectivity index (χ1n) is 5.09. The topological polar surface area (TPSA) is 24.1 Å². The fourth-order valence-corrected chi connectivity index (χ4v) is 2.43. The van der Waals surface area contributed by atoms with Crippen molar-refractivity contribution in [1.82, 2.24) is 10.6 Å². The van der Waals surface area contributed by atoms with Gasteiger partial charge in [-0.3, -0.25) is 0 Å². The molecule has 0 amide bonds. The number of likely N-dealkylation sites (N-methyl/N-ethyl adjacent to an activating group) is 1. The second kappa shape index (κ2) is 7.39. The molecule has 2 nitrogen and oxygen atoms in total. The standard InChI is InChI=1S/C11H16Br2N2/c1-2-14-5-6-15-8-9-3-4-10(12)7-11(9)13/h3-4,7,14-15H,2,5-6,8H2,1H3. The molecule has 84 valence electrons. The Balaban J connectivity index is 2.31. The van der Waals surface area contributed by atoms with Gasteiger partial charge in [-0.15, -0.1) is 0 Å². The van der Waals surface area contributed by atoms with Crippen LogP contribution in [0, 0.1) is 0 Å². The Kier molecular flexibility index (Phi) is 6.48. The third-order valence-corrected chi connectivity index (χ3v) is 3.29. The smallest absolute Gasteiger partial charge is 0.0231 e. The van der Waals surface area contributed by atoms with E-state index < -0.39 is 0 Å². The van der Waals surface area contributed by atoms with Crippen LogP contribution in [0.15, 0.2) is 27.1 Å². The summed E-state index contributed by atoms with van der Waals surface area (Å²) in [5.74, 6) is 0.